The van der Waals surface area contributed by atoms with E-state index in [1.54, 1.807) is 0 Å². The van der Waals surface area contributed by atoms with Crippen LogP contribution in [0.15, 0.2) is 28.7 Å². The van der Waals surface area contributed by atoms with Gasteiger partial charge in [0.25, 0.3) is 0 Å². The molecule has 1 nitrogen and oxygen atoms in total. The summed E-state index contributed by atoms with van der Waals surface area (Å²) in [6, 6.07) is 9.28. The smallest absolute Gasteiger partial charge is 0.0208 e. The fraction of sp³-hybridized carbons (Fsp3) is 0.571. The zero-order chi connectivity index (χ0) is 11.4. The molecule has 2 unspecified atom stereocenters. The van der Waals surface area contributed by atoms with Gasteiger partial charge in [0.1, 0.15) is 0 Å². The highest BCUT2D eigenvalue weighted by Gasteiger charge is 2.17. The van der Waals surface area contributed by atoms with Crippen molar-refractivity contribution >= 4 is 15.9 Å². The van der Waals surface area contributed by atoms with E-state index in [1.807, 2.05) is 0 Å². The van der Waals surface area contributed by atoms with E-state index >= 15 is 0 Å². The molecule has 1 saturated carbocycles. The lowest BCUT2D eigenvalue weighted by molar-refractivity contribution is 0.300. The summed E-state index contributed by atoms with van der Waals surface area (Å²) in [5, 5.41) is 3.67. The van der Waals surface area contributed by atoms with Gasteiger partial charge in [0.15, 0.2) is 0 Å². The lowest BCUT2D eigenvalue weighted by Crippen LogP contribution is -2.33. The summed E-state index contributed by atoms with van der Waals surface area (Å²) in [7, 11) is 0. The third-order valence-corrected chi connectivity index (χ3v) is 3.91. The van der Waals surface area contributed by atoms with Crippen molar-refractivity contribution < 1.29 is 0 Å². The molecule has 2 heteroatoms. The molecule has 1 N–H and O–H groups in total. The quantitative estimate of drug-likeness (QED) is 0.879. The molecule has 0 spiro atoms. The van der Waals surface area contributed by atoms with Crippen LogP contribution >= 0.6 is 15.9 Å². The second-order valence-electron chi connectivity index (χ2n) is 4.98. The van der Waals surface area contributed by atoms with Crippen LogP contribution < -0.4 is 5.32 Å². The van der Waals surface area contributed by atoms with Crippen LogP contribution in [0.4, 0.5) is 0 Å². The summed E-state index contributed by atoms with van der Waals surface area (Å²) < 4.78 is 1.17. The van der Waals surface area contributed by atoms with Crippen molar-refractivity contribution in [2.45, 2.75) is 45.2 Å². The van der Waals surface area contributed by atoms with E-state index < -0.39 is 0 Å². The van der Waals surface area contributed by atoms with E-state index in [9.17, 15) is 0 Å². The summed E-state index contributed by atoms with van der Waals surface area (Å²) >= 11 is 3.51. The van der Waals surface area contributed by atoms with Crippen molar-refractivity contribution in [1.82, 2.24) is 5.32 Å². The normalized spacial score (nSPS) is 25.6. The fourth-order valence-electron chi connectivity index (χ4n) is 2.53. The van der Waals surface area contributed by atoms with Crippen molar-refractivity contribution in [3.63, 3.8) is 0 Å². The van der Waals surface area contributed by atoms with Crippen LogP contribution in [0.5, 0.6) is 0 Å². The first-order valence-electron chi connectivity index (χ1n) is 6.22. The molecule has 1 aromatic rings. The number of nitrogens with one attached hydrogen (secondary N) is 1. The first-order valence-corrected chi connectivity index (χ1v) is 7.01. The molecule has 0 aliphatic heterocycles. The summed E-state index contributed by atoms with van der Waals surface area (Å²) in [5.74, 6) is 0.897. The maximum absolute atomic E-state index is 3.67. The van der Waals surface area contributed by atoms with E-state index in [0.717, 1.165) is 18.5 Å². The third-order valence-electron chi connectivity index (χ3n) is 3.42. The highest BCUT2D eigenvalue weighted by molar-refractivity contribution is 9.10. The highest BCUT2D eigenvalue weighted by atomic mass is 79.9. The molecule has 0 saturated heterocycles. The van der Waals surface area contributed by atoms with Crippen molar-refractivity contribution in [2.24, 2.45) is 5.92 Å². The molecule has 0 amide bonds. The Balaban J connectivity index is 1.82. The Morgan fingerprint density at radius 1 is 1.38 bits per heavy atom. The number of benzene rings is 1. The molecule has 1 fully saturated rings. The zero-order valence-corrected chi connectivity index (χ0v) is 11.5. The van der Waals surface area contributed by atoms with Gasteiger partial charge in [0.05, 0.1) is 0 Å². The van der Waals surface area contributed by atoms with Gasteiger partial charge in [0, 0.05) is 17.1 Å². The second-order valence-corrected chi connectivity index (χ2v) is 5.90. The Labute approximate surface area is 107 Å². The monoisotopic (exact) mass is 281 g/mol. The first-order chi connectivity index (χ1) is 7.74. The van der Waals surface area contributed by atoms with E-state index in [2.05, 4.69) is 52.4 Å². The van der Waals surface area contributed by atoms with Crippen LogP contribution in [0, 0.1) is 5.92 Å². The van der Waals surface area contributed by atoms with E-state index in [4.69, 9.17) is 0 Å². The van der Waals surface area contributed by atoms with Crippen LogP contribution in [0.25, 0.3) is 0 Å². The molecular formula is C14H20BrN. The summed E-state index contributed by atoms with van der Waals surface area (Å²) in [6.45, 7) is 3.36. The standard InChI is InChI=1S/C14H20BrN/c1-11-4-2-7-14(8-11)16-10-12-5-3-6-13(15)9-12/h3,5-6,9,11,14,16H,2,4,7-8,10H2,1H3. The topological polar surface area (TPSA) is 12.0 Å². The van der Waals surface area contributed by atoms with Crippen molar-refractivity contribution in [3.8, 4) is 0 Å². The Kier molecular flexibility index (Phi) is 4.42. The minimum absolute atomic E-state index is 0.725. The molecule has 1 aromatic carbocycles. The van der Waals surface area contributed by atoms with Gasteiger partial charge in [-0.05, 0) is 36.5 Å². The van der Waals surface area contributed by atoms with Crippen LogP contribution in [-0.4, -0.2) is 6.04 Å². The van der Waals surface area contributed by atoms with Gasteiger partial charge in [-0.25, -0.2) is 0 Å². The molecule has 1 aliphatic rings. The van der Waals surface area contributed by atoms with Gasteiger partial charge in [-0.3, -0.25) is 0 Å². The van der Waals surface area contributed by atoms with Crippen molar-refractivity contribution in [1.29, 1.82) is 0 Å². The Hall–Kier alpha value is -0.340. The Morgan fingerprint density at radius 3 is 3.00 bits per heavy atom. The molecule has 0 radical (unpaired) electrons. The van der Waals surface area contributed by atoms with E-state index in [1.165, 1.54) is 35.7 Å². The minimum atomic E-state index is 0.725. The third kappa shape index (κ3) is 3.60. The molecule has 0 heterocycles. The number of hydrogen-bond donors (Lipinski definition) is 1. The number of hydrogen-bond acceptors (Lipinski definition) is 1. The lowest BCUT2D eigenvalue weighted by Gasteiger charge is -2.27. The molecule has 88 valence electrons. The van der Waals surface area contributed by atoms with Gasteiger partial charge in [-0.2, -0.15) is 0 Å². The molecule has 2 rings (SSSR count). The van der Waals surface area contributed by atoms with Crippen LogP contribution in [0.3, 0.4) is 0 Å². The predicted molar refractivity (Wildman–Crippen MR) is 72.4 cm³/mol. The molecule has 1 aliphatic carbocycles. The average molecular weight is 282 g/mol. The van der Waals surface area contributed by atoms with Gasteiger partial charge in [0.2, 0.25) is 0 Å². The number of rotatable bonds is 3. The molecular weight excluding hydrogens is 262 g/mol. The Morgan fingerprint density at radius 2 is 2.25 bits per heavy atom. The first kappa shape index (κ1) is 12.1. The maximum Gasteiger partial charge on any atom is 0.0208 e. The van der Waals surface area contributed by atoms with Crippen LogP contribution in [0.2, 0.25) is 0 Å². The van der Waals surface area contributed by atoms with Gasteiger partial charge in [-0.15, -0.1) is 0 Å². The molecule has 2 atom stereocenters. The van der Waals surface area contributed by atoms with Gasteiger partial charge in [-0.1, -0.05) is 47.8 Å². The van der Waals surface area contributed by atoms with E-state index in [0.29, 0.717) is 0 Å². The molecule has 0 aromatic heterocycles. The number of halogens is 1. The summed E-state index contributed by atoms with van der Waals surface area (Å²) in [4.78, 5) is 0. The van der Waals surface area contributed by atoms with Crippen molar-refractivity contribution in [3.05, 3.63) is 34.3 Å². The highest BCUT2D eigenvalue weighted by Crippen LogP contribution is 2.23. The second kappa shape index (κ2) is 5.83. The SMILES string of the molecule is CC1CCCC(NCc2cccc(Br)c2)C1. The largest absolute Gasteiger partial charge is 0.310 e. The summed E-state index contributed by atoms with van der Waals surface area (Å²) in [5.41, 5.74) is 1.37. The zero-order valence-electron chi connectivity index (χ0n) is 9.88. The summed E-state index contributed by atoms with van der Waals surface area (Å²) in [6.07, 6.45) is 5.48. The van der Waals surface area contributed by atoms with Crippen LogP contribution in [-0.2, 0) is 6.54 Å². The lowest BCUT2D eigenvalue weighted by atomic mass is 9.87. The van der Waals surface area contributed by atoms with Gasteiger partial charge >= 0.3 is 0 Å². The molecule has 0 bridgehead atoms. The van der Waals surface area contributed by atoms with E-state index in [-0.39, 0.29) is 0 Å². The predicted octanol–water partition coefficient (Wildman–Crippen LogP) is 4.12. The minimum Gasteiger partial charge on any atom is -0.310 e. The van der Waals surface area contributed by atoms with Crippen molar-refractivity contribution in [2.75, 3.05) is 0 Å². The average Bonchev–Trinajstić information content (AvgIpc) is 2.27. The maximum atomic E-state index is 3.67. The van der Waals surface area contributed by atoms with Crippen LogP contribution in [0.1, 0.15) is 38.2 Å². The Bertz CT molecular complexity index is 337. The van der Waals surface area contributed by atoms with Gasteiger partial charge < -0.3 is 5.32 Å². The fourth-order valence-corrected chi connectivity index (χ4v) is 2.98. The molecule has 16 heavy (non-hydrogen) atoms.